The standard InChI is InChI=1S/C14H11Cl2NO3S/c1-8(20-14(19)11-6-3-7-21-11)13(18)17-10-5-2-4-9(15)12(10)16/h2-8H,1H3,(H,17,18)/t8-/m1/s1. The second-order valence-corrected chi connectivity index (χ2v) is 5.85. The molecule has 4 nitrogen and oxygen atoms in total. The lowest BCUT2D eigenvalue weighted by Gasteiger charge is -2.14. The van der Waals surface area contributed by atoms with Gasteiger partial charge < -0.3 is 10.1 Å². The van der Waals surface area contributed by atoms with E-state index >= 15 is 0 Å². The summed E-state index contributed by atoms with van der Waals surface area (Å²) in [5.41, 5.74) is 0.369. The van der Waals surface area contributed by atoms with Crippen LogP contribution in [0, 0.1) is 0 Å². The number of hydrogen-bond acceptors (Lipinski definition) is 4. The van der Waals surface area contributed by atoms with Crippen LogP contribution in [0.3, 0.4) is 0 Å². The van der Waals surface area contributed by atoms with Crippen molar-refractivity contribution < 1.29 is 14.3 Å². The molecule has 0 aliphatic heterocycles. The van der Waals surface area contributed by atoms with E-state index in [1.807, 2.05) is 0 Å². The molecule has 2 rings (SSSR count). The van der Waals surface area contributed by atoms with Gasteiger partial charge in [0.05, 0.1) is 15.7 Å². The Balaban J connectivity index is 2.00. The van der Waals surface area contributed by atoms with Crippen molar-refractivity contribution in [2.45, 2.75) is 13.0 Å². The number of halogens is 2. The molecule has 0 spiro atoms. The third kappa shape index (κ3) is 3.97. The molecule has 0 fully saturated rings. The van der Waals surface area contributed by atoms with Crippen LogP contribution in [0.15, 0.2) is 35.7 Å². The van der Waals surface area contributed by atoms with Gasteiger partial charge in [-0.2, -0.15) is 0 Å². The van der Waals surface area contributed by atoms with Crippen LogP contribution in [-0.4, -0.2) is 18.0 Å². The Hall–Kier alpha value is -1.56. The summed E-state index contributed by atoms with van der Waals surface area (Å²) < 4.78 is 5.08. The minimum atomic E-state index is -0.949. The number of carbonyl (C=O) groups is 2. The molecule has 0 radical (unpaired) electrons. The van der Waals surface area contributed by atoms with Crippen LogP contribution in [0.2, 0.25) is 10.0 Å². The quantitative estimate of drug-likeness (QED) is 0.844. The Morgan fingerprint density at radius 1 is 1.24 bits per heavy atom. The van der Waals surface area contributed by atoms with Gasteiger partial charge in [0, 0.05) is 0 Å². The lowest BCUT2D eigenvalue weighted by atomic mass is 10.3. The number of rotatable bonds is 4. The van der Waals surface area contributed by atoms with Crippen LogP contribution in [0.5, 0.6) is 0 Å². The zero-order chi connectivity index (χ0) is 15.4. The minimum absolute atomic E-state index is 0.240. The molecule has 0 saturated carbocycles. The number of esters is 1. The molecule has 7 heteroatoms. The molecule has 1 amide bonds. The molecule has 110 valence electrons. The Morgan fingerprint density at radius 2 is 2.00 bits per heavy atom. The monoisotopic (exact) mass is 343 g/mol. The van der Waals surface area contributed by atoms with E-state index in [2.05, 4.69) is 5.32 Å². The van der Waals surface area contributed by atoms with Crippen molar-refractivity contribution in [3.8, 4) is 0 Å². The maximum Gasteiger partial charge on any atom is 0.349 e. The highest BCUT2D eigenvalue weighted by atomic mass is 35.5. The average molecular weight is 344 g/mol. The molecule has 0 bridgehead atoms. The van der Waals surface area contributed by atoms with Crippen molar-refractivity contribution in [1.82, 2.24) is 0 Å². The van der Waals surface area contributed by atoms with E-state index in [4.69, 9.17) is 27.9 Å². The lowest BCUT2D eigenvalue weighted by molar-refractivity contribution is -0.123. The first-order valence-corrected chi connectivity index (χ1v) is 7.62. The SMILES string of the molecule is C[C@@H](OC(=O)c1cccs1)C(=O)Nc1cccc(Cl)c1Cl. The minimum Gasteiger partial charge on any atom is -0.448 e. The molecule has 1 N–H and O–H groups in total. The van der Waals surface area contributed by atoms with E-state index in [-0.39, 0.29) is 5.02 Å². The summed E-state index contributed by atoms with van der Waals surface area (Å²) in [5.74, 6) is -1.02. The molecular weight excluding hydrogens is 333 g/mol. The van der Waals surface area contributed by atoms with Crippen LogP contribution >= 0.6 is 34.5 Å². The van der Waals surface area contributed by atoms with Gasteiger partial charge in [-0.3, -0.25) is 4.79 Å². The number of hydrogen-bond donors (Lipinski definition) is 1. The topological polar surface area (TPSA) is 55.4 Å². The number of nitrogens with one attached hydrogen (secondary N) is 1. The predicted octanol–water partition coefficient (Wildman–Crippen LogP) is 4.24. The molecule has 2 aromatic rings. The molecule has 0 aliphatic carbocycles. The van der Waals surface area contributed by atoms with Crippen molar-refractivity contribution in [3.05, 3.63) is 50.6 Å². The summed E-state index contributed by atoms with van der Waals surface area (Å²) in [6.45, 7) is 1.49. The first-order valence-electron chi connectivity index (χ1n) is 5.98. The van der Waals surface area contributed by atoms with E-state index in [1.165, 1.54) is 18.3 Å². The van der Waals surface area contributed by atoms with Crippen LogP contribution in [-0.2, 0) is 9.53 Å². The van der Waals surface area contributed by atoms with Gasteiger partial charge in [0.15, 0.2) is 6.10 Å². The van der Waals surface area contributed by atoms with Gasteiger partial charge >= 0.3 is 5.97 Å². The van der Waals surface area contributed by atoms with E-state index in [0.29, 0.717) is 15.6 Å². The largest absolute Gasteiger partial charge is 0.448 e. The zero-order valence-electron chi connectivity index (χ0n) is 10.9. The Bertz CT molecular complexity index is 658. The first-order chi connectivity index (χ1) is 9.99. The van der Waals surface area contributed by atoms with Gasteiger partial charge in [-0.15, -0.1) is 11.3 Å². The maximum atomic E-state index is 12.0. The van der Waals surface area contributed by atoms with Crippen molar-refractivity contribution in [1.29, 1.82) is 0 Å². The van der Waals surface area contributed by atoms with E-state index in [9.17, 15) is 9.59 Å². The highest BCUT2D eigenvalue weighted by Gasteiger charge is 2.20. The third-order valence-electron chi connectivity index (χ3n) is 2.58. The summed E-state index contributed by atoms with van der Waals surface area (Å²) >= 11 is 13.1. The fourth-order valence-corrected chi connectivity index (χ4v) is 2.45. The van der Waals surface area contributed by atoms with E-state index in [1.54, 1.807) is 35.7 Å². The molecule has 1 heterocycles. The summed E-state index contributed by atoms with van der Waals surface area (Å²) in [4.78, 5) is 24.2. The van der Waals surface area contributed by atoms with E-state index in [0.717, 1.165) is 0 Å². The van der Waals surface area contributed by atoms with Gasteiger partial charge in [0.1, 0.15) is 4.88 Å². The molecular formula is C14H11Cl2NO3S. The molecule has 0 aliphatic rings. The molecule has 1 aromatic carbocycles. The fraction of sp³-hybridized carbons (Fsp3) is 0.143. The van der Waals surface area contributed by atoms with Crippen molar-refractivity contribution in [3.63, 3.8) is 0 Å². The van der Waals surface area contributed by atoms with E-state index < -0.39 is 18.0 Å². The highest BCUT2D eigenvalue weighted by molar-refractivity contribution is 7.11. The second kappa shape index (κ2) is 6.93. The number of anilines is 1. The fourth-order valence-electron chi connectivity index (χ4n) is 1.50. The van der Waals surface area contributed by atoms with Crippen LogP contribution in [0.4, 0.5) is 5.69 Å². The van der Waals surface area contributed by atoms with Gasteiger partial charge in [0.25, 0.3) is 5.91 Å². The van der Waals surface area contributed by atoms with Gasteiger partial charge in [-0.05, 0) is 30.5 Å². The van der Waals surface area contributed by atoms with Crippen molar-refractivity contribution in [2.24, 2.45) is 0 Å². The molecule has 1 atom stereocenters. The van der Waals surface area contributed by atoms with Gasteiger partial charge in [0.2, 0.25) is 0 Å². The summed E-state index contributed by atoms with van der Waals surface area (Å²) in [6, 6.07) is 8.25. The Kier molecular flexibility index (Phi) is 5.22. The zero-order valence-corrected chi connectivity index (χ0v) is 13.3. The number of amides is 1. The van der Waals surface area contributed by atoms with Gasteiger partial charge in [-0.1, -0.05) is 35.3 Å². The van der Waals surface area contributed by atoms with Crippen molar-refractivity contribution in [2.75, 3.05) is 5.32 Å². The number of carbonyl (C=O) groups excluding carboxylic acids is 2. The third-order valence-corrected chi connectivity index (χ3v) is 4.25. The molecule has 0 unspecified atom stereocenters. The normalized spacial score (nSPS) is 11.8. The summed E-state index contributed by atoms with van der Waals surface area (Å²) in [6.07, 6.45) is -0.949. The smallest absolute Gasteiger partial charge is 0.349 e. The molecule has 0 saturated heterocycles. The molecule has 21 heavy (non-hydrogen) atoms. The first kappa shape index (κ1) is 15.8. The lowest BCUT2D eigenvalue weighted by Crippen LogP contribution is -2.29. The summed E-state index contributed by atoms with van der Waals surface area (Å²) in [5, 5.41) is 4.90. The highest BCUT2D eigenvalue weighted by Crippen LogP contribution is 2.29. The Morgan fingerprint density at radius 3 is 2.67 bits per heavy atom. The van der Waals surface area contributed by atoms with Gasteiger partial charge in [-0.25, -0.2) is 4.79 Å². The molecule has 1 aromatic heterocycles. The second-order valence-electron chi connectivity index (χ2n) is 4.12. The maximum absolute atomic E-state index is 12.0. The predicted molar refractivity (Wildman–Crippen MR) is 84.3 cm³/mol. The number of thiophene rings is 1. The van der Waals surface area contributed by atoms with Crippen LogP contribution < -0.4 is 5.32 Å². The van der Waals surface area contributed by atoms with Crippen LogP contribution in [0.25, 0.3) is 0 Å². The van der Waals surface area contributed by atoms with Crippen LogP contribution in [0.1, 0.15) is 16.6 Å². The Labute approximate surface area is 135 Å². The number of benzene rings is 1. The average Bonchev–Trinajstić information content (AvgIpc) is 2.98. The number of ether oxygens (including phenoxy) is 1. The van der Waals surface area contributed by atoms with Crippen molar-refractivity contribution >= 4 is 52.1 Å². The summed E-state index contributed by atoms with van der Waals surface area (Å²) in [7, 11) is 0.